The van der Waals surface area contributed by atoms with Crippen LogP contribution in [0.1, 0.15) is 5.56 Å². The molecule has 88 valence electrons. The van der Waals surface area contributed by atoms with Crippen molar-refractivity contribution in [3.63, 3.8) is 0 Å². The summed E-state index contributed by atoms with van der Waals surface area (Å²) in [4.78, 5) is 4.17. The molecule has 1 aromatic heterocycles. The molecule has 0 saturated carbocycles. The second kappa shape index (κ2) is 5.27. The average molecular weight is 296 g/mol. The molecule has 4 heteroatoms. The molecular weight excluding hydrogens is 285 g/mol. The molecule has 0 fully saturated rings. The van der Waals surface area contributed by atoms with Crippen molar-refractivity contribution in [3.8, 4) is 17.0 Å². The predicted molar refractivity (Wildman–Crippen MR) is 68.8 cm³/mol. The Balaban J connectivity index is 2.47. The van der Waals surface area contributed by atoms with E-state index < -0.39 is 0 Å². The highest BCUT2D eigenvalue weighted by Crippen LogP contribution is 2.27. The Morgan fingerprint density at radius 2 is 2.00 bits per heavy atom. The number of ether oxygens (including phenoxy) is 1. The molecule has 0 atom stereocenters. The summed E-state index contributed by atoms with van der Waals surface area (Å²) in [6.07, 6.45) is 1.74. The summed E-state index contributed by atoms with van der Waals surface area (Å²) in [7, 11) is 1.58. The van der Waals surface area contributed by atoms with E-state index in [4.69, 9.17) is 4.74 Å². The summed E-state index contributed by atoms with van der Waals surface area (Å²) in [6, 6.07) is 8.23. The first kappa shape index (κ1) is 12.0. The van der Waals surface area contributed by atoms with Gasteiger partial charge in [0.15, 0.2) is 0 Å². The molecule has 2 aromatic rings. The largest absolute Gasteiger partial charge is 0.481 e. The van der Waals surface area contributed by atoms with Gasteiger partial charge in [0.05, 0.1) is 7.11 Å². The average Bonchev–Trinajstić information content (AvgIpc) is 2.39. The second-order valence-electron chi connectivity index (χ2n) is 3.52. The molecule has 0 N–H and O–H groups in total. The zero-order chi connectivity index (χ0) is 12.3. The number of alkyl halides is 1. The normalized spacial score (nSPS) is 10.3. The van der Waals surface area contributed by atoms with Crippen LogP contribution in [0.5, 0.6) is 5.88 Å². The number of halogens is 2. The molecule has 0 aliphatic heterocycles. The third kappa shape index (κ3) is 2.64. The van der Waals surface area contributed by atoms with Crippen molar-refractivity contribution < 1.29 is 9.13 Å². The molecule has 0 unspecified atom stereocenters. The highest BCUT2D eigenvalue weighted by molar-refractivity contribution is 9.08. The van der Waals surface area contributed by atoms with Gasteiger partial charge in [-0.3, -0.25) is 0 Å². The fraction of sp³-hybridized carbons (Fsp3) is 0.154. The molecule has 1 heterocycles. The SMILES string of the molecule is COc1cc(CBr)c(-c2ccc(F)cc2)cn1. The van der Waals surface area contributed by atoms with Gasteiger partial charge in [-0.2, -0.15) is 0 Å². The van der Waals surface area contributed by atoms with Crippen molar-refractivity contribution in [3.05, 3.63) is 47.9 Å². The first-order valence-electron chi connectivity index (χ1n) is 5.09. The predicted octanol–water partition coefficient (Wildman–Crippen LogP) is 3.79. The molecule has 0 aliphatic rings. The minimum absolute atomic E-state index is 0.240. The van der Waals surface area contributed by atoms with Crippen molar-refractivity contribution in [2.24, 2.45) is 0 Å². The maximum Gasteiger partial charge on any atom is 0.213 e. The Hall–Kier alpha value is -1.42. The number of hydrogen-bond acceptors (Lipinski definition) is 2. The van der Waals surface area contributed by atoms with E-state index in [9.17, 15) is 4.39 Å². The van der Waals surface area contributed by atoms with Crippen LogP contribution in [-0.2, 0) is 5.33 Å². The van der Waals surface area contributed by atoms with Crippen LogP contribution in [0, 0.1) is 5.82 Å². The summed E-state index contributed by atoms with van der Waals surface area (Å²) in [5, 5.41) is 0.693. The van der Waals surface area contributed by atoms with Crippen LogP contribution in [0.2, 0.25) is 0 Å². The van der Waals surface area contributed by atoms with E-state index in [1.54, 1.807) is 25.4 Å². The monoisotopic (exact) mass is 295 g/mol. The molecule has 2 nitrogen and oxygen atoms in total. The van der Waals surface area contributed by atoms with Crippen molar-refractivity contribution in [1.29, 1.82) is 0 Å². The fourth-order valence-corrected chi connectivity index (χ4v) is 2.05. The smallest absolute Gasteiger partial charge is 0.213 e. The minimum Gasteiger partial charge on any atom is -0.481 e. The standard InChI is InChI=1S/C13H11BrFNO/c1-17-13-6-10(7-14)12(8-16-13)9-2-4-11(15)5-3-9/h2-6,8H,7H2,1H3. The van der Waals surface area contributed by atoms with Crippen molar-refractivity contribution >= 4 is 15.9 Å². The highest BCUT2D eigenvalue weighted by atomic mass is 79.9. The van der Waals surface area contributed by atoms with E-state index in [1.165, 1.54) is 12.1 Å². The van der Waals surface area contributed by atoms with E-state index in [0.29, 0.717) is 11.2 Å². The lowest BCUT2D eigenvalue weighted by atomic mass is 10.0. The summed E-state index contributed by atoms with van der Waals surface area (Å²) in [6.45, 7) is 0. The van der Waals surface area contributed by atoms with Crippen LogP contribution in [0.15, 0.2) is 36.5 Å². The van der Waals surface area contributed by atoms with Crippen LogP contribution < -0.4 is 4.74 Å². The van der Waals surface area contributed by atoms with Gasteiger partial charge in [0.2, 0.25) is 5.88 Å². The van der Waals surface area contributed by atoms with Gasteiger partial charge >= 0.3 is 0 Å². The Bertz CT molecular complexity index is 513. The van der Waals surface area contributed by atoms with Crippen LogP contribution in [0.3, 0.4) is 0 Å². The van der Waals surface area contributed by atoms with Gasteiger partial charge in [-0.15, -0.1) is 0 Å². The molecule has 0 saturated heterocycles. The molecule has 0 amide bonds. The zero-order valence-corrected chi connectivity index (χ0v) is 10.9. The molecule has 17 heavy (non-hydrogen) atoms. The molecule has 1 aromatic carbocycles. The van der Waals surface area contributed by atoms with Gasteiger partial charge in [-0.1, -0.05) is 28.1 Å². The first-order valence-corrected chi connectivity index (χ1v) is 6.21. The van der Waals surface area contributed by atoms with Gasteiger partial charge in [0.25, 0.3) is 0 Å². The minimum atomic E-state index is -0.240. The lowest BCUT2D eigenvalue weighted by molar-refractivity contribution is 0.397. The number of hydrogen-bond donors (Lipinski definition) is 0. The number of aromatic nitrogens is 1. The molecule has 0 spiro atoms. The quantitative estimate of drug-likeness (QED) is 0.804. The topological polar surface area (TPSA) is 22.1 Å². The third-order valence-electron chi connectivity index (χ3n) is 2.47. The van der Waals surface area contributed by atoms with Gasteiger partial charge in [0.1, 0.15) is 5.82 Å². The number of nitrogens with zero attached hydrogens (tertiary/aromatic N) is 1. The Morgan fingerprint density at radius 3 is 2.59 bits per heavy atom. The van der Waals surface area contributed by atoms with Crippen molar-refractivity contribution in [2.75, 3.05) is 7.11 Å². The van der Waals surface area contributed by atoms with E-state index in [-0.39, 0.29) is 5.82 Å². The zero-order valence-electron chi connectivity index (χ0n) is 9.28. The second-order valence-corrected chi connectivity index (χ2v) is 4.09. The van der Waals surface area contributed by atoms with Crippen LogP contribution in [0.4, 0.5) is 4.39 Å². The van der Waals surface area contributed by atoms with E-state index in [0.717, 1.165) is 16.7 Å². The lowest BCUT2D eigenvalue weighted by Gasteiger charge is -2.08. The van der Waals surface area contributed by atoms with E-state index in [1.807, 2.05) is 6.07 Å². The summed E-state index contributed by atoms with van der Waals surface area (Å²) in [5.74, 6) is 0.334. The Kier molecular flexibility index (Phi) is 3.74. The molecule has 0 bridgehead atoms. The van der Waals surface area contributed by atoms with Gasteiger partial charge < -0.3 is 4.74 Å². The van der Waals surface area contributed by atoms with Gasteiger partial charge in [-0.25, -0.2) is 9.37 Å². The number of rotatable bonds is 3. The highest BCUT2D eigenvalue weighted by Gasteiger charge is 2.07. The lowest BCUT2D eigenvalue weighted by Crippen LogP contribution is -1.93. The summed E-state index contributed by atoms with van der Waals surface area (Å²) in [5.41, 5.74) is 2.97. The molecule has 0 radical (unpaired) electrons. The van der Waals surface area contributed by atoms with Crippen molar-refractivity contribution in [2.45, 2.75) is 5.33 Å². The Morgan fingerprint density at radius 1 is 1.29 bits per heavy atom. The maximum absolute atomic E-state index is 12.9. The number of benzene rings is 1. The summed E-state index contributed by atoms with van der Waals surface area (Å²) < 4.78 is 17.9. The first-order chi connectivity index (χ1) is 8.24. The fourth-order valence-electron chi connectivity index (χ4n) is 1.59. The van der Waals surface area contributed by atoms with Crippen LogP contribution in [-0.4, -0.2) is 12.1 Å². The van der Waals surface area contributed by atoms with Crippen LogP contribution in [0.25, 0.3) is 11.1 Å². The van der Waals surface area contributed by atoms with Crippen molar-refractivity contribution in [1.82, 2.24) is 4.98 Å². The van der Waals surface area contributed by atoms with Crippen LogP contribution >= 0.6 is 15.9 Å². The number of methoxy groups -OCH3 is 1. The maximum atomic E-state index is 12.9. The Labute approximate surface area is 108 Å². The molecular formula is C13H11BrFNO. The molecule has 2 rings (SSSR count). The number of pyridine rings is 1. The summed E-state index contributed by atoms with van der Waals surface area (Å²) >= 11 is 3.43. The van der Waals surface area contributed by atoms with E-state index >= 15 is 0 Å². The third-order valence-corrected chi connectivity index (χ3v) is 3.08. The van der Waals surface area contributed by atoms with Gasteiger partial charge in [-0.05, 0) is 23.3 Å². The van der Waals surface area contributed by atoms with Gasteiger partial charge in [0, 0.05) is 23.2 Å². The molecule has 0 aliphatic carbocycles. The van der Waals surface area contributed by atoms with E-state index in [2.05, 4.69) is 20.9 Å².